The fourth-order valence-electron chi connectivity index (χ4n) is 2.75. The molecule has 2 aromatic rings. The highest BCUT2D eigenvalue weighted by molar-refractivity contribution is 6.01. The van der Waals surface area contributed by atoms with Crippen molar-refractivity contribution in [3.05, 3.63) is 47.7 Å². The summed E-state index contributed by atoms with van der Waals surface area (Å²) in [6, 6.07) is 11.2. The van der Waals surface area contributed by atoms with Crippen molar-refractivity contribution in [3.8, 4) is 11.5 Å². The molecule has 1 aliphatic carbocycles. The third-order valence-electron chi connectivity index (χ3n) is 4.25. The first-order valence-corrected chi connectivity index (χ1v) is 7.57. The molecule has 23 heavy (non-hydrogen) atoms. The highest BCUT2D eigenvalue weighted by atomic mass is 16.5. The molecule has 1 heterocycles. The number of rotatable bonds is 5. The van der Waals surface area contributed by atoms with Crippen LogP contribution in [0.4, 0.5) is 5.82 Å². The quantitative estimate of drug-likeness (QED) is 0.921. The van der Waals surface area contributed by atoms with E-state index >= 15 is 0 Å². The molecule has 0 atom stereocenters. The number of aromatic nitrogens is 1. The monoisotopic (exact) mass is 312 g/mol. The number of hydrogen-bond donors (Lipinski definition) is 1. The second kappa shape index (κ2) is 5.91. The van der Waals surface area contributed by atoms with Gasteiger partial charge in [-0.2, -0.15) is 0 Å². The zero-order chi connectivity index (χ0) is 16.4. The molecule has 1 fully saturated rings. The van der Waals surface area contributed by atoms with E-state index in [2.05, 4.69) is 10.3 Å². The lowest BCUT2D eigenvalue weighted by Crippen LogP contribution is -2.28. The lowest BCUT2D eigenvalue weighted by atomic mass is 9.94. The average molecular weight is 312 g/mol. The summed E-state index contributed by atoms with van der Waals surface area (Å²) in [6.45, 7) is 1.90. The SMILES string of the molecule is COc1ccc(C2(C(=O)Nc3cccc(C)n3)CC2)cc1OC. The topological polar surface area (TPSA) is 60.5 Å². The van der Waals surface area contributed by atoms with E-state index in [0.717, 1.165) is 24.1 Å². The van der Waals surface area contributed by atoms with Crippen LogP contribution in [0.5, 0.6) is 11.5 Å². The summed E-state index contributed by atoms with van der Waals surface area (Å²) >= 11 is 0. The van der Waals surface area contributed by atoms with Gasteiger partial charge in [0.15, 0.2) is 11.5 Å². The molecule has 1 aromatic heterocycles. The highest BCUT2D eigenvalue weighted by Crippen LogP contribution is 2.50. The molecule has 120 valence electrons. The van der Waals surface area contributed by atoms with Crippen molar-refractivity contribution in [3.63, 3.8) is 0 Å². The first-order valence-electron chi connectivity index (χ1n) is 7.57. The Morgan fingerprint density at radius 1 is 1.13 bits per heavy atom. The van der Waals surface area contributed by atoms with Gasteiger partial charge in [-0.25, -0.2) is 4.98 Å². The molecular weight excluding hydrogens is 292 g/mol. The molecule has 0 bridgehead atoms. The van der Waals surface area contributed by atoms with Gasteiger partial charge in [0.1, 0.15) is 5.82 Å². The fourth-order valence-corrected chi connectivity index (χ4v) is 2.75. The molecule has 1 aliphatic rings. The van der Waals surface area contributed by atoms with Crippen LogP contribution in [0.2, 0.25) is 0 Å². The fraction of sp³-hybridized carbons (Fsp3) is 0.333. The largest absolute Gasteiger partial charge is 0.493 e. The Kier molecular flexibility index (Phi) is 3.94. The van der Waals surface area contributed by atoms with Crippen LogP contribution in [-0.4, -0.2) is 25.1 Å². The lowest BCUT2D eigenvalue weighted by molar-refractivity contribution is -0.118. The normalized spacial score (nSPS) is 14.9. The Morgan fingerprint density at radius 2 is 1.87 bits per heavy atom. The van der Waals surface area contributed by atoms with Crippen LogP contribution in [0.3, 0.4) is 0 Å². The van der Waals surface area contributed by atoms with Crippen molar-refractivity contribution in [2.24, 2.45) is 0 Å². The smallest absolute Gasteiger partial charge is 0.236 e. The maximum Gasteiger partial charge on any atom is 0.236 e. The standard InChI is InChI=1S/C18H20N2O3/c1-12-5-4-6-16(19-12)20-17(21)18(9-10-18)13-7-8-14(22-2)15(11-13)23-3/h4-8,11H,9-10H2,1-3H3,(H,19,20,21). The van der Waals surface area contributed by atoms with Crippen LogP contribution >= 0.6 is 0 Å². The zero-order valence-electron chi connectivity index (χ0n) is 13.6. The van der Waals surface area contributed by atoms with Gasteiger partial charge in [0.25, 0.3) is 0 Å². The summed E-state index contributed by atoms with van der Waals surface area (Å²) in [4.78, 5) is 17.1. The van der Waals surface area contributed by atoms with Crippen molar-refractivity contribution < 1.29 is 14.3 Å². The molecule has 0 saturated heterocycles. The number of hydrogen-bond acceptors (Lipinski definition) is 4. The second-order valence-corrected chi connectivity index (χ2v) is 5.77. The molecule has 3 rings (SSSR count). The summed E-state index contributed by atoms with van der Waals surface area (Å²) in [5.41, 5.74) is 1.32. The maximum atomic E-state index is 12.7. The first kappa shape index (κ1) is 15.3. The molecule has 1 saturated carbocycles. The number of amides is 1. The number of nitrogens with zero attached hydrogens (tertiary/aromatic N) is 1. The number of ether oxygens (including phenoxy) is 2. The minimum atomic E-state index is -0.495. The lowest BCUT2D eigenvalue weighted by Gasteiger charge is -2.17. The summed E-state index contributed by atoms with van der Waals surface area (Å²) in [7, 11) is 3.19. The Labute approximate surface area is 135 Å². The van der Waals surface area contributed by atoms with Crippen molar-refractivity contribution in [1.82, 2.24) is 4.98 Å². The third kappa shape index (κ3) is 2.86. The third-order valence-corrected chi connectivity index (χ3v) is 4.25. The number of methoxy groups -OCH3 is 2. The van der Waals surface area contributed by atoms with Crippen molar-refractivity contribution in [2.45, 2.75) is 25.2 Å². The van der Waals surface area contributed by atoms with Gasteiger partial charge >= 0.3 is 0 Å². The molecule has 0 aliphatic heterocycles. The van der Waals surface area contributed by atoms with E-state index in [1.165, 1.54) is 0 Å². The summed E-state index contributed by atoms with van der Waals surface area (Å²) < 4.78 is 10.6. The van der Waals surface area contributed by atoms with E-state index in [4.69, 9.17) is 9.47 Å². The molecule has 5 nitrogen and oxygen atoms in total. The summed E-state index contributed by atoms with van der Waals surface area (Å²) in [6.07, 6.45) is 1.64. The molecule has 0 unspecified atom stereocenters. The van der Waals surface area contributed by atoms with Crippen molar-refractivity contribution in [1.29, 1.82) is 0 Å². The first-order chi connectivity index (χ1) is 11.1. The van der Waals surface area contributed by atoms with Crippen LogP contribution in [0.25, 0.3) is 0 Å². The van der Waals surface area contributed by atoms with E-state index in [9.17, 15) is 4.79 Å². The predicted molar refractivity (Wildman–Crippen MR) is 88.1 cm³/mol. The Bertz CT molecular complexity index is 739. The summed E-state index contributed by atoms with van der Waals surface area (Å²) in [5.74, 6) is 1.86. The molecule has 5 heteroatoms. The molecular formula is C18H20N2O3. The van der Waals surface area contributed by atoms with E-state index in [-0.39, 0.29) is 5.91 Å². The van der Waals surface area contributed by atoms with E-state index in [1.54, 1.807) is 20.3 Å². The van der Waals surface area contributed by atoms with Crippen LogP contribution in [0.15, 0.2) is 36.4 Å². The van der Waals surface area contributed by atoms with Crippen molar-refractivity contribution in [2.75, 3.05) is 19.5 Å². The Balaban J connectivity index is 1.85. The van der Waals surface area contributed by atoms with Crippen LogP contribution in [-0.2, 0) is 10.2 Å². The number of nitrogens with one attached hydrogen (secondary N) is 1. The summed E-state index contributed by atoms with van der Waals surface area (Å²) in [5, 5.41) is 2.93. The van der Waals surface area contributed by atoms with Crippen LogP contribution < -0.4 is 14.8 Å². The molecule has 0 radical (unpaired) electrons. The van der Waals surface area contributed by atoms with E-state index in [1.807, 2.05) is 37.3 Å². The number of pyridine rings is 1. The number of anilines is 1. The second-order valence-electron chi connectivity index (χ2n) is 5.77. The zero-order valence-corrected chi connectivity index (χ0v) is 13.6. The van der Waals surface area contributed by atoms with E-state index < -0.39 is 5.41 Å². The molecule has 1 amide bonds. The van der Waals surface area contributed by atoms with Crippen molar-refractivity contribution >= 4 is 11.7 Å². The van der Waals surface area contributed by atoms with Gasteiger partial charge < -0.3 is 14.8 Å². The Hall–Kier alpha value is -2.56. The molecule has 1 aromatic carbocycles. The minimum Gasteiger partial charge on any atom is -0.493 e. The van der Waals surface area contributed by atoms with Gasteiger partial charge in [0.2, 0.25) is 5.91 Å². The van der Waals surface area contributed by atoms with Gasteiger partial charge in [-0.15, -0.1) is 0 Å². The van der Waals surface area contributed by atoms with Crippen LogP contribution in [0.1, 0.15) is 24.1 Å². The Morgan fingerprint density at radius 3 is 2.48 bits per heavy atom. The average Bonchev–Trinajstić information content (AvgIpc) is 3.36. The number of carbonyl (C=O) groups is 1. The molecule has 0 spiro atoms. The van der Waals surface area contributed by atoms with Gasteiger partial charge in [-0.1, -0.05) is 12.1 Å². The number of aryl methyl sites for hydroxylation is 1. The van der Waals surface area contributed by atoms with E-state index in [0.29, 0.717) is 17.3 Å². The van der Waals surface area contributed by atoms with Gasteiger partial charge in [0.05, 0.1) is 19.6 Å². The van der Waals surface area contributed by atoms with Crippen LogP contribution in [0, 0.1) is 6.92 Å². The predicted octanol–water partition coefficient (Wildman–Crippen LogP) is 3.08. The number of benzene rings is 1. The maximum absolute atomic E-state index is 12.7. The minimum absolute atomic E-state index is 0.0252. The number of carbonyl (C=O) groups excluding carboxylic acids is 1. The highest BCUT2D eigenvalue weighted by Gasteiger charge is 2.51. The van der Waals surface area contributed by atoms with Gasteiger partial charge in [-0.05, 0) is 49.6 Å². The van der Waals surface area contributed by atoms with Gasteiger partial charge in [-0.3, -0.25) is 4.79 Å². The van der Waals surface area contributed by atoms with Gasteiger partial charge in [0, 0.05) is 5.69 Å². The molecule has 1 N–H and O–H groups in total.